The zero-order valence-electron chi connectivity index (χ0n) is 12.0. The van der Waals surface area contributed by atoms with Crippen molar-refractivity contribution < 1.29 is 4.79 Å². The second-order valence-electron chi connectivity index (χ2n) is 5.24. The molecular weight excluding hydrogens is 368 g/mol. The second kappa shape index (κ2) is 6.31. The van der Waals surface area contributed by atoms with Gasteiger partial charge in [0.1, 0.15) is 6.54 Å². The van der Waals surface area contributed by atoms with Crippen molar-refractivity contribution in [3.05, 3.63) is 43.7 Å². The van der Waals surface area contributed by atoms with Crippen molar-refractivity contribution in [2.45, 2.75) is 19.5 Å². The van der Waals surface area contributed by atoms with Crippen LogP contribution in [0.1, 0.15) is 10.6 Å². The van der Waals surface area contributed by atoms with Crippen LogP contribution in [0.5, 0.6) is 0 Å². The highest BCUT2D eigenvalue weighted by atomic mass is 79.9. The number of aromatic nitrogens is 2. The van der Waals surface area contributed by atoms with Crippen molar-refractivity contribution in [1.29, 1.82) is 0 Å². The standard InChI is InChI=1S/C14H15BrN4O2S/c1-18-5-4-10-11(7-18)22-14(16-10)17-12(20)8-19-6-9(15)2-3-13(19)21/h2-3,6H,4-5,7-8H2,1H3,(H,16,17,20). The molecule has 0 unspecified atom stereocenters. The van der Waals surface area contributed by atoms with Gasteiger partial charge in [-0.2, -0.15) is 0 Å². The Morgan fingerprint density at radius 2 is 2.32 bits per heavy atom. The molecule has 0 radical (unpaired) electrons. The smallest absolute Gasteiger partial charge is 0.251 e. The largest absolute Gasteiger partial charge is 0.305 e. The van der Waals surface area contributed by atoms with Gasteiger partial charge in [0.05, 0.1) is 5.69 Å². The highest BCUT2D eigenvalue weighted by Gasteiger charge is 2.19. The molecule has 0 aliphatic carbocycles. The number of pyridine rings is 1. The number of nitrogens with zero attached hydrogens (tertiary/aromatic N) is 3. The van der Waals surface area contributed by atoms with Gasteiger partial charge in [0.25, 0.3) is 5.56 Å². The van der Waals surface area contributed by atoms with Crippen LogP contribution < -0.4 is 10.9 Å². The molecule has 1 amide bonds. The van der Waals surface area contributed by atoms with Crippen LogP contribution in [0.4, 0.5) is 5.13 Å². The molecule has 0 atom stereocenters. The highest BCUT2D eigenvalue weighted by molar-refractivity contribution is 9.10. The lowest BCUT2D eigenvalue weighted by atomic mass is 10.2. The summed E-state index contributed by atoms with van der Waals surface area (Å²) in [7, 11) is 2.07. The lowest BCUT2D eigenvalue weighted by Gasteiger charge is -2.20. The van der Waals surface area contributed by atoms with Crippen molar-refractivity contribution in [2.75, 3.05) is 18.9 Å². The molecule has 1 aliphatic heterocycles. The third kappa shape index (κ3) is 3.45. The summed E-state index contributed by atoms with van der Waals surface area (Å²) in [6.45, 7) is 1.83. The Bertz CT molecular complexity index is 770. The van der Waals surface area contributed by atoms with E-state index in [4.69, 9.17) is 0 Å². The van der Waals surface area contributed by atoms with Crippen LogP contribution in [0.15, 0.2) is 27.6 Å². The molecule has 1 N–H and O–H groups in total. The van der Waals surface area contributed by atoms with Crippen LogP contribution in [0, 0.1) is 0 Å². The average Bonchev–Trinajstić information content (AvgIpc) is 2.84. The molecule has 0 spiro atoms. The minimum absolute atomic E-state index is 0.0254. The van der Waals surface area contributed by atoms with Crippen LogP contribution >= 0.6 is 27.3 Å². The van der Waals surface area contributed by atoms with Gasteiger partial charge in [0, 0.05) is 41.1 Å². The third-order valence-corrected chi connectivity index (χ3v) is 4.90. The zero-order valence-corrected chi connectivity index (χ0v) is 14.4. The molecule has 0 fully saturated rings. The minimum atomic E-state index is -0.250. The number of anilines is 1. The maximum absolute atomic E-state index is 12.1. The number of fused-ring (bicyclic) bond motifs is 1. The Morgan fingerprint density at radius 1 is 1.50 bits per heavy atom. The summed E-state index contributed by atoms with van der Waals surface area (Å²) in [4.78, 5) is 31.7. The number of halogens is 1. The number of thiazole rings is 1. The number of nitrogens with one attached hydrogen (secondary N) is 1. The number of carbonyl (C=O) groups is 1. The topological polar surface area (TPSA) is 67.2 Å². The SMILES string of the molecule is CN1CCc2nc(NC(=O)Cn3cc(Br)ccc3=O)sc2C1. The summed E-state index contributed by atoms with van der Waals surface area (Å²) in [5.41, 5.74) is 0.858. The molecule has 0 saturated heterocycles. The first-order chi connectivity index (χ1) is 10.5. The number of likely N-dealkylation sites (N-methyl/N-ethyl adjacent to an activating group) is 1. The first kappa shape index (κ1) is 15.4. The van der Waals surface area contributed by atoms with Crippen LogP contribution in [0.3, 0.4) is 0 Å². The number of hydrogen-bond donors (Lipinski definition) is 1. The molecule has 116 valence electrons. The normalized spacial score (nSPS) is 14.6. The lowest BCUT2D eigenvalue weighted by molar-refractivity contribution is -0.116. The lowest BCUT2D eigenvalue weighted by Crippen LogP contribution is -2.26. The molecule has 0 saturated carbocycles. The number of hydrogen-bond acceptors (Lipinski definition) is 5. The minimum Gasteiger partial charge on any atom is -0.305 e. The van der Waals surface area contributed by atoms with Gasteiger partial charge in [-0.3, -0.25) is 9.59 Å². The molecular formula is C14H15BrN4O2S. The van der Waals surface area contributed by atoms with Gasteiger partial charge in [0.2, 0.25) is 5.91 Å². The van der Waals surface area contributed by atoms with Gasteiger partial charge >= 0.3 is 0 Å². The van der Waals surface area contributed by atoms with E-state index in [-0.39, 0.29) is 18.0 Å². The number of carbonyl (C=O) groups excluding carboxylic acids is 1. The van der Waals surface area contributed by atoms with Crippen LogP contribution in [0.25, 0.3) is 0 Å². The molecule has 1 aliphatic rings. The Balaban J connectivity index is 1.70. The molecule has 0 bridgehead atoms. The number of rotatable bonds is 3. The quantitative estimate of drug-likeness (QED) is 0.876. The van der Waals surface area contributed by atoms with Crippen LogP contribution in [-0.4, -0.2) is 34.0 Å². The van der Waals surface area contributed by atoms with Gasteiger partial charge in [-0.25, -0.2) is 4.98 Å². The van der Waals surface area contributed by atoms with Crippen LogP contribution in [-0.2, 0) is 24.3 Å². The Hall–Kier alpha value is -1.51. The van der Waals surface area contributed by atoms with Gasteiger partial charge in [-0.15, -0.1) is 11.3 Å². The predicted molar refractivity (Wildman–Crippen MR) is 89.2 cm³/mol. The number of amides is 1. The van der Waals surface area contributed by atoms with E-state index >= 15 is 0 Å². The highest BCUT2D eigenvalue weighted by Crippen LogP contribution is 2.27. The first-order valence-corrected chi connectivity index (χ1v) is 8.45. The van der Waals surface area contributed by atoms with Crippen molar-refractivity contribution in [3.63, 3.8) is 0 Å². The Morgan fingerprint density at radius 3 is 3.14 bits per heavy atom. The van der Waals surface area contributed by atoms with E-state index in [1.807, 2.05) is 0 Å². The van der Waals surface area contributed by atoms with Crippen LogP contribution in [0.2, 0.25) is 0 Å². The Kier molecular flexibility index (Phi) is 4.42. The summed E-state index contributed by atoms with van der Waals surface area (Å²) in [5.74, 6) is -0.250. The average molecular weight is 383 g/mol. The monoisotopic (exact) mass is 382 g/mol. The maximum atomic E-state index is 12.1. The molecule has 0 aromatic carbocycles. The Labute approximate surface area is 139 Å². The van der Waals surface area contributed by atoms with E-state index in [0.29, 0.717) is 5.13 Å². The van der Waals surface area contributed by atoms with E-state index in [2.05, 4.69) is 38.2 Å². The molecule has 2 aromatic rings. The molecule has 2 aromatic heterocycles. The summed E-state index contributed by atoms with van der Waals surface area (Å²) in [6, 6.07) is 3.08. The van der Waals surface area contributed by atoms with Crippen molar-refractivity contribution in [2.24, 2.45) is 0 Å². The van der Waals surface area contributed by atoms with E-state index in [1.54, 1.807) is 12.3 Å². The van der Waals surface area contributed by atoms with E-state index in [9.17, 15) is 9.59 Å². The van der Waals surface area contributed by atoms with Crippen molar-refractivity contribution >= 4 is 38.3 Å². The van der Waals surface area contributed by atoms with Gasteiger partial charge in [-0.05, 0) is 29.0 Å². The van der Waals surface area contributed by atoms with Gasteiger partial charge < -0.3 is 14.8 Å². The first-order valence-electron chi connectivity index (χ1n) is 6.84. The molecule has 8 heteroatoms. The fraction of sp³-hybridized carbons (Fsp3) is 0.357. The summed E-state index contributed by atoms with van der Waals surface area (Å²) in [5, 5.41) is 3.39. The van der Waals surface area contributed by atoms with Crippen molar-refractivity contribution in [3.8, 4) is 0 Å². The maximum Gasteiger partial charge on any atom is 0.251 e. The van der Waals surface area contributed by atoms with E-state index in [1.165, 1.54) is 26.8 Å². The van der Waals surface area contributed by atoms with E-state index in [0.717, 1.165) is 29.7 Å². The summed E-state index contributed by atoms with van der Waals surface area (Å²) < 4.78 is 2.12. The fourth-order valence-electron chi connectivity index (χ4n) is 2.32. The van der Waals surface area contributed by atoms with Crippen molar-refractivity contribution in [1.82, 2.24) is 14.5 Å². The molecule has 6 nitrogen and oxygen atoms in total. The van der Waals surface area contributed by atoms with Gasteiger partial charge in [0.15, 0.2) is 5.13 Å². The summed E-state index contributed by atoms with van der Waals surface area (Å²) >= 11 is 4.79. The molecule has 22 heavy (non-hydrogen) atoms. The zero-order chi connectivity index (χ0) is 15.7. The van der Waals surface area contributed by atoms with Gasteiger partial charge in [-0.1, -0.05) is 0 Å². The molecule has 3 rings (SSSR count). The predicted octanol–water partition coefficient (Wildman–Crippen LogP) is 1.69. The summed E-state index contributed by atoms with van der Waals surface area (Å²) in [6.07, 6.45) is 2.51. The third-order valence-electron chi connectivity index (χ3n) is 3.43. The fourth-order valence-corrected chi connectivity index (χ4v) is 3.80. The second-order valence-corrected chi connectivity index (χ2v) is 7.24. The van der Waals surface area contributed by atoms with E-state index < -0.39 is 0 Å². The molecule has 3 heterocycles.